The normalized spacial score (nSPS) is 12.4. The van der Waals surface area contributed by atoms with Gasteiger partial charge in [-0.25, -0.2) is 4.98 Å². The summed E-state index contributed by atoms with van der Waals surface area (Å²) in [5, 5.41) is 4.62. The van der Waals surface area contributed by atoms with Crippen LogP contribution in [0.25, 0.3) is 0 Å². The standard InChI is InChI=1S/C15H20N2OS/c1-10-5-6-14(18-4)13(7-10)12(3)16-9-15-17-8-11(2)19-15/h5-8,12,16H,9H2,1-4H3. The van der Waals surface area contributed by atoms with Gasteiger partial charge < -0.3 is 10.1 Å². The van der Waals surface area contributed by atoms with E-state index < -0.39 is 0 Å². The molecule has 0 amide bonds. The number of thiazole rings is 1. The molecule has 2 aromatic rings. The van der Waals surface area contributed by atoms with Crippen molar-refractivity contribution in [2.75, 3.05) is 7.11 Å². The largest absolute Gasteiger partial charge is 0.496 e. The number of benzene rings is 1. The van der Waals surface area contributed by atoms with Crippen LogP contribution in [-0.4, -0.2) is 12.1 Å². The van der Waals surface area contributed by atoms with Crippen LogP contribution < -0.4 is 10.1 Å². The lowest BCUT2D eigenvalue weighted by molar-refractivity contribution is 0.401. The van der Waals surface area contributed by atoms with Crippen LogP contribution in [0.5, 0.6) is 5.75 Å². The molecule has 1 N–H and O–H groups in total. The Labute approximate surface area is 118 Å². The molecule has 2 rings (SSSR count). The first-order chi connectivity index (χ1) is 9.10. The van der Waals surface area contributed by atoms with Gasteiger partial charge in [-0.05, 0) is 26.8 Å². The van der Waals surface area contributed by atoms with Gasteiger partial charge in [0.2, 0.25) is 0 Å². The fraction of sp³-hybridized carbons (Fsp3) is 0.400. The Bertz CT molecular complexity index is 551. The quantitative estimate of drug-likeness (QED) is 0.905. The van der Waals surface area contributed by atoms with Gasteiger partial charge in [-0.3, -0.25) is 0 Å². The van der Waals surface area contributed by atoms with E-state index in [0.717, 1.165) is 17.3 Å². The van der Waals surface area contributed by atoms with Gasteiger partial charge in [0, 0.05) is 29.2 Å². The molecule has 0 aliphatic rings. The van der Waals surface area contributed by atoms with Gasteiger partial charge in [0.1, 0.15) is 10.8 Å². The summed E-state index contributed by atoms with van der Waals surface area (Å²) in [6.07, 6.45) is 1.92. The fourth-order valence-electron chi connectivity index (χ4n) is 2.03. The van der Waals surface area contributed by atoms with Crippen molar-refractivity contribution in [3.8, 4) is 5.75 Å². The van der Waals surface area contributed by atoms with Crippen LogP contribution in [0.2, 0.25) is 0 Å². The molecule has 3 nitrogen and oxygen atoms in total. The molecule has 0 aliphatic carbocycles. The van der Waals surface area contributed by atoms with Crippen molar-refractivity contribution >= 4 is 11.3 Å². The van der Waals surface area contributed by atoms with E-state index >= 15 is 0 Å². The lowest BCUT2D eigenvalue weighted by atomic mass is 10.0. The first kappa shape index (κ1) is 14.0. The molecule has 4 heteroatoms. The van der Waals surface area contributed by atoms with E-state index in [1.165, 1.54) is 16.0 Å². The highest BCUT2D eigenvalue weighted by atomic mass is 32.1. The van der Waals surface area contributed by atoms with E-state index in [2.05, 4.69) is 43.2 Å². The number of rotatable bonds is 5. The van der Waals surface area contributed by atoms with Crippen LogP contribution >= 0.6 is 11.3 Å². The summed E-state index contributed by atoms with van der Waals surface area (Å²) in [7, 11) is 1.71. The Kier molecular flexibility index (Phi) is 4.56. The van der Waals surface area contributed by atoms with Crippen LogP contribution in [-0.2, 0) is 6.54 Å². The number of hydrogen-bond acceptors (Lipinski definition) is 4. The predicted molar refractivity (Wildman–Crippen MR) is 79.8 cm³/mol. The van der Waals surface area contributed by atoms with Gasteiger partial charge in [-0.15, -0.1) is 11.3 Å². The summed E-state index contributed by atoms with van der Waals surface area (Å²) >= 11 is 1.73. The van der Waals surface area contributed by atoms with Gasteiger partial charge in [0.25, 0.3) is 0 Å². The maximum absolute atomic E-state index is 5.42. The fourth-order valence-corrected chi connectivity index (χ4v) is 2.76. The second kappa shape index (κ2) is 6.17. The Hall–Kier alpha value is -1.39. The van der Waals surface area contributed by atoms with Crippen molar-refractivity contribution in [1.29, 1.82) is 0 Å². The first-order valence-electron chi connectivity index (χ1n) is 6.39. The monoisotopic (exact) mass is 276 g/mol. The highest BCUT2D eigenvalue weighted by Crippen LogP contribution is 2.26. The minimum Gasteiger partial charge on any atom is -0.496 e. The molecule has 1 aromatic carbocycles. The molecule has 1 aromatic heterocycles. The second-order valence-electron chi connectivity index (χ2n) is 4.71. The van der Waals surface area contributed by atoms with Crippen molar-refractivity contribution in [2.24, 2.45) is 0 Å². The molecule has 0 fully saturated rings. The summed E-state index contributed by atoms with van der Waals surface area (Å²) < 4.78 is 5.42. The van der Waals surface area contributed by atoms with Gasteiger partial charge in [0.15, 0.2) is 0 Å². The van der Waals surface area contributed by atoms with Crippen molar-refractivity contribution in [3.05, 3.63) is 45.4 Å². The van der Waals surface area contributed by atoms with E-state index in [9.17, 15) is 0 Å². The molecule has 0 bridgehead atoms. The van der Waals surface area contributed by atoms with E-state index in [1.807, 2.05) is 12.3 Å². The van der Waals surface area contributed by atoms with Crippen LogP contribution in [0.4, 0.5) is 0 Å². The zero-order valence-electron chi connectivity index (χ0n) is 11.9. The molecule has 0 aliphatic heterocycles. The van der Waals surface area contributed by atoms with Crippen molar-refractivity contribution in [2.45, 2.75) is 33.4 Å². The Morgan fingerprint density at radius 3 is 2.79 bits per heavy atom. The van der Waals surface area contributed by atoms with E-state index in [4.69, 9.17) is 4.74 Å². The Morgan fingerprint density at radius 1 is 1.37 bits per heavy atom. The van der Waals surface area contributed by atoms with E-state index in [-0.39, 0.29) is 6.04 Å². The summed E-state index contributed by atoms with van der Waals surface area (Å²) in [5.74, 6) is 0.931. The third-order valence-corrected chi connectivity index (χ3v) is 3.99. The van der Waals surface area contributed by atoms with Gasteiger partial charge in [-0.2, -0.15) is 0 Å². The molecule has 1 atom stereocenters. The molecule has 1 unspecified atom stereocenters. The topological polar surface area (TPSA) is 34.1 Å². The van der Waals surface area contributed by atoms with E-state index in [0.29, 0.717) is 0 Å². The average molecular weight is 276 g/mol. The molecule has 1 heterocycles. The molecule has 0 radical (unpaired) electrons. The molecule has 0 saturated heterocycles. The van der Waals surface area contributed by atoms with Crippen LogP contribution in [0.3, 0.4) is 0 Å². The number of aryl methyl sites for hydroxylation is 2. The number of nitrogens with one attached hydrogen (secondary N) is 1. The lowest BCUT2D eigenvalue weighted by Crippen LogP contribution is -2.18. The highest BCUT2D eigenvalue weighted by Gasteiger charge is 2.11. The Balaban J connectivity index is 2.06. The minimum absolute atomic E-state index is 0.235. The third-order valence-electron chi connectivity index (χ3n) is 3.08. The molecular weight excluding hydrogens is 256 g/mol. The number of nitrogens with zero attached hydrogens (tertiary/aromatic N) is 1. The zero-order valence-corrected chi connectivity index (χ0v) is 12.7. The smallest absolute Gasteiger partial charge is 0.123 e. The molecular formula is C15H20N2OS. The minimum atomic E-state index is 0.235. The number of methoxy groups -OCH3 is 1. The zero-order chi connectivity index (χ0) is 13.8. The molecule has 19 heavy (non-hydrogen) atoms. The van der Waals surface area contributed by atoms with Crippen molar-refractivity contribution in [1.82, 2.24) is 10.3 Å². The second-order valence-corrected chi connectivity index (χ2v) is 6.03. The van der Waals surface area contributed by atoms with Gasteiger partial charge in [-0.1, -0.05) is 17.7 Å². The summed E-state index contributed by atoms with van der Waals surface area (Å²) in [5.41, 5.74) is 2.44. The van der Waals surface area contributed by atoms with E-state index in [1.54, 1.807) is 18.4 Å². The Morgan fingerprint density at radius 2 is 2.16 bits per heavy atom. The highest BCUT2D eigenvalue weighted by molar-refractivity contribution is 7.11. The maximum Gasteiger partial charge on any atom is 0.123 e. The average Bonchev–Trinajstić information content (AvgIpc) is 2.81. The third kappa shape index (κ3) is 3.55. The molecule has 102 valence electrons. The summed E-state index contributed by atoms with van der Waals surface area (Å²) in [6.45, 7) is 7.11. The van der Waals surface area contributed by atoms with Crippen molar-refractivity contribution < 1.29 is 4.74 Å². The maximum atomic E-state index is 5.42. The first-order valence-corrected chi connectivity index (χ1v) is 7.21. The summed E-state index contributed by atoms with van der Waals surface area (Å²) in [6, 6.07) is 6.50. The number of aromatic nitrogens is 1. The number of ether oxygens (including phenoxy) is 1. The number of hydrogen-bond donors (Lipinski definition) is 1. The molecule has 0 spiro atoms. The van der Waals surface area contributed by atoms with Crippen LogP contribution in [0.1, 0.15) is 34.0 Å². The van der Waals surface area contributed by atoms with Crippen LogP contribution in [0, 0.1) is 13.8 Å². The van der Waals surface area contributed by atoms with Crippen LogP contribution in [0.15, 0.2) is 24.4 Å². The lowest BCUT2D eigenvalue weighted by Gasteiger charge is -2.17. The summed E-state index contributed by atoms with van der Waals surface area (Å²) in [4.78, 5) is 5.61. The SMILES string of the molecule is COc1ccc(C)cc1C(C)NCc1ncc(C)s1. The predicted octanol–water partition coefficient (Wildman–Crippen LogP) is 3.62. The van der Waals surface area contributed by atoms with Gasteiger partial charge >= 0.3 is 0 Å². The van der Waals surface area contributed by atoms with Crippen molar-refractivity contribution in [3.63, 3.8) is 0 Å². The van der Waals surface area contributed by atoms with Gasteiger partial charge in [0.05, 0.1) is 7.11 Å². The molecule has 0 saturated carbocycles.